The molecule has 2 unspecified atom stereocenters. The molecule has 0 amide bonds. The van der Waals surface area contributed by atoms with Crippen LogP contribution in [0.1, 0.15) is 12.8 Å². The lowest BCUT2D eigenvalue weighted by atomic mass is 9.61. The van der Waals surface area contributed by atoms with E-state index < -0.39 is 23.3 Å². The minimum atomic E-state index is -1.32. The number of methoxy groups -OCH3 is 2. The van der Waals surface area contributed by atoms with Crippen molar-refractivity contribution in [3.8, 4) is 6.07 Å². The van der Waals surface area contributed by atoms with E-state index in [1.807, 2.05) is 6.07 Å². The third-order valence-electron chi connectivity index (χ3n) is 2.66. The number of esters is 2. The fraction of sp³-hybridized carbons (Fsp3) is 0.667. The van der Waals surface area contributed by atoms with Gasteiger partial charge in [-0.05, 0) is 12.8 Å². The second-order valence-electron chi connectivity index (χ2n) is 3.19. The summed E-state index contributed by atoms with van der Waals surface area (Å²) in [5.41, 5.74) is -1.32. The van der Waals surface area contributed by atoms with Gasteiger partial charge in [-0.25, -0.2) is 0 Å². The maximum Gasteiger partial charge on any atom is 0.327 e. The number of carbonyl (C=O) groups excluding carboxylic acids is 2. The van der Waals surface area contributed by atoms with Crippen molar-refractivity contribution in [2.45, 2.75) is 12.8 Å². The van der Waals surface area contributed by atoms with E-state index in [0.29, 0.717) is 12.8 Å². The molecule has 1 fully saturated rings. The zero-order valence-corrected chi connectivity index (χ0v) is 8.07. The van der Waals surface area contributed by atoms with E-state index in [4.69, 9.17) is 5.26 Å². The zero-order chi connectivity index (χ0) is 10.8. The van der Waals surface area contributed by atoms with Crippen LogP contribution in [-0.4, -0.2) is 26.2 Å². The Labute approximate surface area is 81.6 Å². The van der Waals surface area contributed by atoms with Crippen LogP contribution in [0.3, 0.4) is 0 Å². The normalized spacial score (nSPS) is 29.6. The summed E-state index contributed by atoms with van der Waals surface area (Å²) in [4.78, 5) is 22.5. The number of hydrogen-bond donors (Lipinski definition) is 0. The summed E-state index contributed by atoms with van der Waals surface area (Å²) in [6.45, 7) is 0. The van der Waals surface area contributed by atoms with Crippen LogP contribution < -0.4 is 0 Å². The Morgan fingerprint density at radius 3 is 2.36 bits per heavy atom. The van der Waals surface area contributed by atoms with Gasteiger partial charge in [0.2, 0.25) is 0 Å². The molecule has 76 valence electrons. The summed E-state index contributed by atoms with van der Waals surface area (Å²) >= 11 is 0. The summed E-state index contributed by atoms with van der Waals surface area (Å²) in [5, 5.41) is 8.89. The fourth-order valence-corrected chi connectivity index (χ4v) is 1.64. The van der Waals surface area contributed by atoms with E-state index in [0.717, 1.165) is 0 Å². The molecule has 0 saturated heterocycles. The van der Waals surface area contributed by atoms with Gasteiger partial charge in [0.1, 0.15) is 0 Å². The van der Waals surface area contributed by atoms with Gasteiger partial charge < -0.3 is 9.47 Å². The number of nitrogens with zero attached hydrogens (tertiary/aromatic N) is 1. The molecule has 5 heteroatoms. The van der Waals surface area contributed by atoms with Crippen molar-refractivity contribution < 1.29 is 19.1 Å². The lowest BCUT2D eigenvalue weighted by Gasteiger charge is -2.39. The predicted octanol–water partition coefficient (Wildman–Crippen LogP) is 0.252. The van der Waals surface area contributed by atoms with E-state index in [1.165, 1.54) is 14.2 Å². The average Bonchev–Trinajstić information content (AvgIpc) is 2.17. The van der Waals surface area contributed by atoms with Crippen LogP contribution in [0, 0.1) is 22.7 Å². The first-order valence-corrected chi connectivity index (χ1v) is 4.20. The van der Waals surface area contributed by atoms with Crippen molar-refractivity contribution in [3.63, 3.8) is 0 Å². The maximum absolute atomic E-state index is 11.3. The molecular formula is C9H11NO4. The minimum absolute atomic E-state index is 0.357. The Bertz CT molecular complexity index is 306. The van der Waals surface area contributed by atoms with Crippen molar-refractivity contribution in [1.82, 2.24) is 0 Å². The van der Waals surface area contributed by atoms with Gasteiger partial charge in [-0.1, -0.05) is 0 Å². The molecule has 1 rings (SSSR count). The Kier molecular flexibility index (Phi) is 2.75. The van der Waals surface area contributed by atoms with Gasteiger partial charge in [0.15, 0.2) is 5.41 Å². The van der Waals surface area contributed by atoms with Crippen molar-refractivity contribution in [1.29, 1.82) is 5.26 Å². The van der Waals surface area contributed by atoms with Crippen LogP contribution in [0.5, 0.6) is 0 Å². The molecule has 1 aliphatic carbocycles. The van der Waals surface area contributed by atoms with Crippen LogP contribution in [0.15, 0.2) is 0 Å². The molecule has 0 bridgehead atoms. The molecule has 14 heavy (non-hydrogen) atoms. The Balaban J connectivity index is 2.88. The first kappa shape index (κ1) is 10.5. The number of nitriles is 1. The molecule has 0 aromatic rings. The standard InChI is InChI=1S/C9H11NO4/c1-13-7(11)6-3-4-9(6,5-10)8(12)14-2/h6H,3-4H2,1-2H3. The first-order valence-electron chi connectivity index (χ1n) is 4.20. The summed E-state index contributed by atoms with van der Waals surface area (Å²) < 4.78 is 9.01. The molecule has 1 aliphatic rings. The van der Waals surface area contributed by atoms with Crippen molar-refractivity contribution in [2.24, 2.45) is 11.3 Å². The second-order valence-corrected chi connectivity index (χ2v) is 3.19. The zero-order valence-electron chi connectivity index (χ0n) is 8.07. The average molecular weight is 197 g/mol. The molecule has 0 aliphatic heterocycles. The number of hydrogen-bond acceptors (Lipinski definition) is 5. The van der Waals surface area contributed by atoms with Crippen molar-refractivity contribution in [2.75, 3.05) is 14.2 Å². The van der Waals surface area contributed by atoms with Gasteiger partial charge in [0.25, 0.3) is 0 Å². The molecular weight excluding hydrogens is 186 g/mol. The molecule has 0 aromatic carbocycles. The number of rotatable bonds is 2. The van der Waals surface area contributed by atoms with E-state index in [-0.39, 0.29) is 0 Å². The monoisotopic (exact) mass is 197 g/mol. The number of ether oxygens (including phenoxy) is 2. The van der Waals surface area contributed by atoms with Gasteiger partial charge in [-0.2, -0.15) is 5.26 Å². The highest BCUT2D eigenvalue weighted by molar-refractivity contribution is 5.89. The lowest BCUT2D eigenvalue weighted by Crippen LogP contribution is -2.50. The van der Waals surface area contributed by atoms with Crippen LogP contribution in [0.25, 0.3) is 0 Å². The molecule has 0 spiro atoms. The largest absolute Gasteiger partial charge is 0.469 e. The van der Waals surface area contributed by atoms with Gasteiger partial charge >= 0.3 is 11.9 Å². The fourth-order valence-electron chi connectivity index (χ4n) is 1.64. The molecule has 1 saturated carbocycles. The summed E-state index contributed by atoms with van der Waals surface area (Å²) in [6, 6.07) is 1.86. The summed E-state index contributed by atoms with van der Waals surface area (Å²) in [7, 11) is 2.44. The molecule has 0 aromatic heterocycles. The quantitative estimate of drug-likeness (QED) is 0.593. The third-order valence-corrected chi connectivity index (χ3v) is 2.66. The molecule has 0 N–H and O–H groups in total. The second kappa shape index (κ2) is 3.66. The van der Waals surface area contributed by atoms with Gasteiger partial charge in [0, 0.05) is 0 Å². The Morgan fingerprint density at radius 2 is 2.07 bits per heavy atom. The van der Waals surface area contributed by atoms with Gasteiger partial charge in [0.05, 0.1) is 26.2 Å². The molecule has 2 atom stereocenters. The van der Waals surface area contributed by atoms with E-state index >= 15 is 0 Å². The topological polar surface area (TPSA) is 76.4 Å². The smallest absolute Gasteiger partial charge is 0.327 e. The highest BCUT2D eigenvalue weighted by Gasteiger charge is 2.58. The minimum Gasteiger partial charge on any atom is -0.469 e. The van der Waals surface area contributed by atoms with Crippen LogP contribution in [0.2, 0.25) is 0 Å². The van der Waals surface area contributed by atoms with Crippen molar-refractivity contribution in [3.05, 3.63) is 0 Å². The van der Waals surface area contributed by atoms with Crippen LogP contribution >= 0.6 is 0 Å². The van der Waals surface area contributed by atoms with E-state index in [2.05, 4.69) is 9.47 Å². The SMILES string of the molecule is COC(=O)C1CCC1(C#N)C(=O)OC. The van der Waals surface area contributed by atoms with E-state index in [9.17, 15) is 9.59 Å². The molecule has 0 heterocycles. The van der Waals surface area contributed by atoms with Crippen LogP contribution in [0.4, 0.5) is 0 Å². The van der Waals surface area contributed by atoms with Gasteiger partial charge in [-0.3, -0.25) is 9.59 Å². The first-order chi connectivity index (χ1) is 6.62. The summed E-state index contributed by atoms with van der Waals surface area (Å²) in [6.07, 6.45) is 0.852. The molecule has 0 radical (unpaired) electrons. The highest BCUT2D eigenvalue weighted by atomic mass is 16.5. The van der Waals surface area contributed by atoms with E-state index in [1.54, 1.807) is 0 Å². The lowest BCUT2D eigenvalue weighted by molar-refractivity contribution is -0.171. The van der Waals surface area contributed by atoms with Crippen molar-refractivity contribution >= 4 is 11.9 Å². The van der Waals surface area contributed by atoms with Gasteiger partial charge in [-0.15, -0.1) is 0 Å². The summed E-state index contributed by atoms with van der Waals surface area (Å²) in [5.74, 6) is -1.85. The Morgan fingerprint density at radius 1 is 1.43 bits per heavy atom. The number of carbonyl (C=O) groups is 2. The predicted molar refractivity (Wildman–Crippen MR) is 44.8 cm³/mol. The maximum atomic E-state index is 11.3. The highest BCUT2D eigenvalue weighted by Crippen LogP contribution is 2.47. The van der Waals surface area contributed by atoms with Crippen LogP contribution in [-0.2, 0) is 19.1 Å². The third kappa shape index (κ3) is 1.23. The Hall–Kier alpha value is -1.57. The molecule has 5 nitrogen and oxygen atoms in total.